The van der Waals surface area contributed by atoms with Crippen LogP contribution in [0.5, 0.6) is 0 Å². The van der Waals surface area contributed by atoms with Crippen molar-refractivity contribution in [3.63, 3.8) is 0 Å². The van der Waals surface area contributed by atoms with Crippen LogP contribution in [-0.4, -0.2) is 38.7 Å². The molecule has 0 saturated carbocycles. The van der Waals surface area contributed by atoms with E-state index in [-0.39, 0.29) is 12.5 Å². The van der Waals surface area contributed by atoms with Gasteiger partial charge in [-0.15, -0.1) is 0 Å². The molecule has 1 amide bonds. The molecule has 0 spiro atoms. The number of carboxylic acid groups (broad SMARTS) is 1. The van der Waals surface area contributed by atoms with E-state index in [4.69, 9.17) is 5.11 Å². The maximum atomic E-state index is 12.2. The summed E-state index contributed by atoms with van der Waals surface area (Å²) in [5, 5.41) is 12.5. The Balaban J connectivity index is 2.03. The molecule has 0 bridgehead atoms. The Labute approximate surface area is 116 Å². The number of rotatable bonds is 5. The average Bonchev–Trinajstić information content (AvgIpc) is 2.86. The lowest BCUT2D eigenvalue weighted by atomic mass is 10.2. The van der Waals surface area contributed by atoms with Crippen molar-refractivity contribution in [3.8, 4) is 0 Å². The summed E-state index contributed by atoms with van der Waals surface area (Å²) >= 11 is 0. The van der Waals surface area contributed by atoms with Crippen molar-refractivity contribution in [1.82, 2.24) is 14.7 Å². The van der Waals surface area contributed by atoms with Crippen molar-refractivity contribution >= 4 is 11.9 Å². The molecule has 0 aliphatic rings. The van der Waals surface area contributed by atoms with Crippen molar-refractivity contribution in [2.75, 3.05) is 7.05 Å². The lowest BCUT2D eigenvalue weighted by Gasteiger charge is -2.16. The highest BCUT2D eigenvalue weighted by molar-refractivity contribution is 5.93. The Hall–Kier alpha value is -2.63. The van der Waals surface area contributed by atoms with Gasteiger partial charge >= 0.3 is 5.97 Å². The fraction of sp³-hybridized carbons (Fsp3) is 0.214. The summed E-state index contributed by atoms with van der Waals surface area (Å²) in [5.74, 6) is -1.18. The zero-order chi connectivity index (χ0) is 14.5. The predicted octanol–water partition coefficient (Wildman–Crippen LogP) is 1.24. The second-order valence-electron chi connectivity index (χ2n) is 4.47. The van der Waals surface area contributed by atoms with Crippen LogP contribution in [0.2, 0.25) is 0 Å². The Morgan fingerprint density at radius 1 is 1.30 bits per heavy atom. The third kappa shape index (κ3) is 3.44. The van der Waals surface area contributed by atoms with Gasteiger partial charge in [0.15, 0.2) is 0 Å². The molecule has 1 aromatic heterocycles. The van der Waals surface area contributed by atoms with Gasteiger partial charge in [-0.3, -0.25) is 14.3 Å². The Bertz CT molecular complexity index is 607. The summed E-state index contributed by atoms with van der Waals surface area (Å²) in [4.78, 5) is 24.3. The number of nitrogens with zero attached hydrogens (tertiary/aromatic N) is 3. The Kier molecular flexibility index (Phi) is 4.14. The number of carbonyl (C=O) groups excluding carboxylic acids is 1. The van der Waals surface area contributed by atoms with Gasteiger partial charge in [0.25, 0.3) is 5.91 Å². The molecule has 0 aliphatic carbocycles. The molecule has 1 aromatic carbocycles. The summed E-state index contributed by atoms with van der Waals surface area (Å²) in [6.45, 7) is 0.236. The first-order valence-electron chi connectivity index (χ1n) is 6.10. The van der Waals surface area contributed by atoms with E-state index in [9.17, 15) is 9.59 Å². The van der Waals surface area contributed by atoms with Crippen molar-refractivity contribution in [2.24, 2.45) is 0 Å². The Morgan fingerprint density at radius 3 is 2.65 bits per heavy atom. The normalized spacial score (nSPS) is 10.2. The van der Waals surface area contributed by atoms with Gasteiger partial charge in [-0.05, 0) is 5.56 Å². The Morgan fingerprint density at radius 2 is 2.00 bits per heavy atom. The number of hydrogen-bond acceptors (Lipinski definition) is 3. The molecule has 20 heavy (non-hydrogen) atoms. The van der Waals surface area contributed by atoms with Crippen LogP contribution < -0.4 is 0 Å². The third-order valence-electron chi connectivity index (χ3n) is 2.79. The van der Waals surface area contributed by atoms with E-state index in [1.165, 1.54) is 17.1 Å². The van der Waals surface area contributed by atoms with E-state index in [1.807, 2.05) is 30.3 Å². The van der Waals surface area contributed by atoms with Gasteiger partial charge in [0.05, 0.1) is 11.8 Å². The quantitative estimate of drug-likeness (QED) is 0.889. The molecule has 0 atom stereocenters. The van der Waals surface area contributed by atoms with Gasteiger partial charge < -0.3 is 10.0 Å². The van der Waals surface area contributed by atoms with Crippen LogP contribution in [0.3, 0.4) is 0 Å². The maximum Gasteiger partial charge on any atom is 0.325 e. The molecule has 0 unspecified atom stereocenters. The lowest BCUT2D eigenvalue weighted by Crippen LogP contribution is -2.25. The van der Waals surface area contributed by atoms with Gasteiger partial charge in [-0.1, -0.05) is 30.3 Å². The molecular weight excluding hydrogens is 258 g/mol. The van der Waals surface area contributed by atoms with Crippen molar-refractivity contribution in [2.45, 2.75) is 13.1 Å². The molecule has 1 N–H and O–H groups in total. The number of benzene rings is 1. The van der Waals surface area contributed by atoms with Crippen LogP contribution in [0.15, 0.2) is 42.7 Å². The molecule has 0 fully saturated rings. The number of carbonyl (C=O) groups is 2. The van der Waals surface area contributed by atoms with Gasteiger partial charge in [-0.25, -0.2) is 0 Å². The van der Waals surface area contributed by atoms with Crippen LogP contribution >= 0.6 is 0 Å². The van der Waals surface area contributed by atoms with Crippen molar-refractivity contribution < 1.29 is 14.7 Å². The van der Waals surface area contributed by atoms with Crippen LogP contribution in [0.4, 0.5) is 0 Å². The average molecular weight is 273 g/mol. The SMILES string of the molecule is CN(Cc1ccccc1)C(=O)c1cnn(CC(=O)O)c1. The number of hydrogen-bond donors (Lipinski definition) is 1. The second kappa shape index (κ2) is 6.01. The number of aliphatic carboxylic acids is 1. The monoisotopic (exact) mass is 273 g/mol. The number of amides is 1. The largest absolute Gasteiger partial charge is 0.480 e. The molecule has 6 nitrogen and oxygen atoms in total. The third-order valence-corrected chi connectivity index (χ3v) is 2.79. The second-order valence-corrected chi connectivity index (χ2v) is 4.47. The standard InChI is InChI=1S/C14H15N3O3/c1-16(8-11-5-3-2-4-6-11)14(20)12-7-15-17(9-12)10-13(18)19/h2-7,9H,8,10H2,1H3,(H,18,19). The van der Waals surface area contributed by atoms with Crippen LogP contribution in [0.25, 0.3) is 0 Å². The smallest absolute Gasteiger partial charge is 0.325 e. The molecule has 0 radical (unpaired) electrons. The van der Waals surface area contributed by atoms with E-state index in [2.05, 4.69) is 5.10 Å². The van der Waals surface area contributed by atoms with Gasteiger partial charge in [-0.2, -0.15) is 5.10 Å². The first-order chi connectivity index (χ1) is 9.56. The number of aromatic nitrogens is 2. The first-order valence-corrected chi connectivity index (χ1v) is 6.10. The highest BCUT2D eigenvalue weighted by Gasteiger charge is 2.14. The first kappa shape index (κ1) is 13.8. The van der Waals surface area contributed by atoms with E-state index in [0.29, 0.717) is 12.1 Å². The highest BCUT2D eigenvalue weighted by Crippen LogP contribution is 2.07. The molecule has 2 rings (SSSR count). The summed E-state index contributed by atoms with van der Waals surface area (Å²) in [6, 6.07) is 9.63. The summed E-state index contributed by atoms with van der Waals surface area (Å²) in [5.41, 5.74) is 1.41. The molecule has 6 heteroatoms. The minimum atomic E-state index is -0.996. The molecule has 0 aliphatic heterocycles. The summed E-state index contributed by atoms with van der Waals surface area (Å²) < 4.78 is 1.23. The number of carboxylic acids is 1. The highest BCUT2D eigenvalue weighted by atomic mass is 16.4. The zero-order valence-corrected chi connectivity index (χ0v) is 11.1. The fourth-order valence-corrected chi connectivity index (χ4v) is 1.85. The zero-order valence-electron chi connectivity index (χ0n) is 11.1. The van der Waals surface area contributed by atoms with Crippen molar-refractivity contribution in [3.05, 3.63) is 53.9 Å². The lowest BCUT2D eigenvalue weighted by molar-refractivity contribution is -0.137. The van der Waals surface area contributed by atoms with Crippen LogP contribution in [-0.2, 0) is 17.9 Å². The van der Waals surface area contributed by atoms with Crippen LogP contribution in [0.1, 0.15) is 15.9 Å². The van der Waals surface area contributed by atoms with Crippen molar-refractivity contribution in [1.29, 1.82) is 0 Å². The van der Waals surface area contributed by atoms with E-state index >= 15 is 0 Å². The molecule has 1 heterocycles. The minimum Gasteiger partial charge on any atom is -0.480 e. The predicted molar refractivity (Wildman–Crippen MR) is 72.1 cm³/mol. The van der Waals surface area contributed by atoms with E-state index in [0.717, 1.165) is 5.56 Å². The van der Waals surface area contributed by atoms with Gasteiger partial charge in [0.2, 0.25) is 0 Å². The fourth-order valence-electron chi connectivity index (χ4n) is 1.85. The maximum absolute atomic E-state index is 12.2. The van der Waals surface area contributed by atoms with Gasteiger partial charge in [0.1, 0.15) is 6.54 Å². The van der Waals surface area contributed by atoms with Gasteiger partial charge in [0, 0.05) is 19.8 Å². The molecule has 0 saturated heterocycles. The molecular formula is C14H15N3O3. The summed E-state index contributed by atoms with van der Waals surface area (Å²) in [6.07, 6.45) is 2.82. The molecule has 2 aromatic rings. The molecule has 104 valence electrons. The van der Waals surface area contributed by atoms with Crippen LogP contribution in [0, 0.1) is 0 Å². The summed E-state index contributed by atoms with van der Waals surface area (Å²) in [7, 11) is 1.70. The minimum absolute atomic E-state index is 0.189. The topological polar surface area (TPSA) is 75.4 Å². The van der Waals surface area contributed by atoms with E-state index < -0.39 is 5.97 Å². The van der Waals surface area contributed by atoms with E-state index in [1.54, 1.807) is 11.9 Å².